The quantitative estimate of drug-likeness (QED) is 0.615. The second-order valence-electron chi connectivity index (χ2n) is 3.26. The maximum absolute atomic E-state index is 10.2. The number of hydrogen-bond donors (Lipinski definition) is 0. The lowest BCUT2D eigenvalue weighted by atomic mass is 10.3. The lowest BCUT2D eigenvalue weighted by molar-refractivity contribution is -0.422. The molecule has 1 aromatic carbocycles. The fraction of sp³-hybridized carbons (Fsp3) is 0.200. The molecule has 0 aliphatic rings. The van der Waals surface area contributed by atoms with Gasteiger partial charge in [-0.1, -0.05) is 29.4 Å². The van der Waals surface area contributed by atoms with Crippen LogP contribution in [0.15, 0.2) is 35.1 Å². The van der Waals surface area contributed by atoms with Crippen LogP contribution in [0.4, 0.5) is 11.4 Å². The molecule has 9 nitrogen and oxygen atoms in total. The van der Waals surface area contributed by atoms with Gasteiger partial charge in [-0.25, -0.2) is 4.63 Å². The molecule has 0 N–H and O–H groups in total. The topological polar surface area (TPSA) is 125 Å². The minimum atomic E-state index is -0.780. The summed E-state index contributed by atoms with van der Waals surface area (Å²) in [5.41, 5.74) is -0.0648. The zero-order valence-corrected chi connectivity index (χ0v) is 9.92. The second kappa shape index (κ2) is 6.79. The van der Waals surface area contributed by atoms with Crippen molar-refractivity contribution in [3.63, 3.8) is 0 Å². The van der Waals surface area contributed by atoms with Gasteiger partial charge in [0.2, 0.25) is 0 Å². The molecule has 0 saturated heterocycles. The van der Waals surface area contributed by atoms with Gasteiger partial charge in [-0.15, -0.1) is 0 Å². The Morgan fingerprint density at radius 3 is 1.95 bits per heavy atom. The maximum Gasteiger partial charge on any atom is 0.346 e. The summed E-state index contributed by atoms with van der Waals surface area (Å²) in [6, 6.07) is 4.95. The third-order valence-corrected chi connectivity index (χ3v) is 2.04. The highest BCUT2D eigenvalue weighted by molar-refractivity contribution is 5.51. The lowest BCUT2D eigenvalue weighted by Crippen LogP contribution is -1.95. The van der Waals surface area contributed by atoms with Gasteiger partial charge >= 0.3 is 11.4 Å². The Labute approximate surface area is 107 Å². The van der Waals surface area contributed by atoms with Gasteiger partial charge in [0.25, 0.3) is 0 Å². The van der Waals surface area contributed by atoms with Crippen molar-refractivity contribution >= 4 is 11.4 Å². The SMILES string of the molecule is CCc1cnon1.O=[N+]([O-])c1ccccc1[N+](=O)[O-]. The number of rotatable bonds is 3. The van der Waals surface area contributed by atoms with E-state index in [1.54, 1.807) is 6.20 Å². The van der Waals surface area contributed by atoms with Crippen molar-refractivity contribution in [3.05, 3.63) is 56.4 Å². The van der Waals surface area contributed by atoms with E-state index in [0.29, 0.717) is 0 Å². The Bertz CT molecular complexity index is 522. The van der Waals surface area contributed by atoms with Gasteiger partial charge in [-0.05, 0) is 6.42 Å². The van der Waals surface area contributed by atoms with Crippen LogP contribution in [0.1, 0.15) is 12.6 Å². The molecule has 1 heterocycles. The molecule has 0 aliphatic heterocycles. The fourth-order valence-corrected chi connectivity index (χ4v) is 1.11. The predicted molar refractivity (Wildman–Crippen MR) is 63.4 cm³/mol. The molecule has 0 atom stereocenters. The molecule has 0 spiro atoms. The van der Waals surface area contributed by atoms with Crippen LogP contribution >= 0.6 is 0 Å². The summed E-state index contributed by atoms with van der Waals surface area (Å²) in [6.45, 7) is 2.00. The zero-order chi connectivity index (χ0) is 14.3. The van der Waals surface area contributed by atoms with Gasteiger partial charge in [-0.3, -0.25) is 20.2 Å². The summed E-state index contributed by atoms with van der Waals surface area (Å²) in [7, 11) is 0. The number of para-hydroxylation sites is 2. The highest BCUT2D eigenvalue weighted by atomic mass is 16.6. The van der Waals surface area contributed by atoms with E-state index in [-0.39, 0.29) is 0 Å². The first-order valence-electron chi connectivity index (χ1n) is 5.20. The summed E-state index contributed by atoms with van der Waals surface area (Å²) >= 11 is 0. The van der Waals surface area contributed by atoms with Gasteiger partial charge < -0.3 is 0 Å². The zero-order valence-electron chi connectivity index (χ0n) is 9.92. The molecule has 0 unspecified atom stereocenters. The van der Waals surface area contributed by atoms with Crippen LogP contribution in [-0.2, 0) is 6.42 Å². The minimum Gasteiger partial charge on any atom is -0.258 e. The molecule has 0 radical (unpaired) electrons. The second-order valence-corrected chi connectivity index (χ2v) is 3.26. The Kier molecular flexibility index (Phi) is 5.08. The largest absolute Gasteiger partial charge is 0.346 e. The molecule has 0 bridgehead atoms. The van der Waals surface area contributed by atoms with Crippen molar-refractivity contribution in [2.24, 2.45) is 0 Å². The van der Waals surface area contributed by atoms with Crippen molar-refractivity contribution in [2.75, 3.05) is 0 Å². The van der Waals surface area contributed by atoms with Gasteiger partial charge in [0.05, 0.1) is 16.0 Å². The number of benzene rings is 1. The fourth-order valence-electron chi connectivity index (χ4n) is 1.11. The average Bonchev–Trinajstić information content (AvgIpc) is 2.92. The lowest BCUT2D eigenvalue weighted by Gasteiger charge is -1.91. The Balaban J connectivity index is 0.000000218. The van der Waals surface area contributed by atoms with Crippen LogP contribution < -0.4 is 0 Å². The standard InChI is InChI=1S/C6H4N2O4.C4H6N2O/c9-7(10)5-3-1-2-4-6(5)8(11)12;1-2-4-3-5-7-6-4/h1-4H;3H,2H2,1H3. The smallest absolute Gasteiger partial charge is 0.258 e. The first kappa shape index (κ1) is 14.2. The van der Waals surface area contributed by atoms with Gasteiger partial charge in [0.1, 0.15) is 5.69 Å². The summed E-state index contributed by atoms with van der Waals surface area (Å²) < 4.78 is 4.31. The van der Waals surface area contributed by atoms with Crippen LogP contribution in [0.5, 0.6) is 0 Å². The van der Waals surface area contributed by atoms with Crippen molar-refractivity contribution in [3.8, 4) is 0 Å². The number of aryl methyl sites for hydroxylation is 1. The van der Waals surface area contributed by atoms with Crippen LogP contribution in [0.3, 0.4) is 0 Å². The number of aromatic nitrogens is 2. The average molecular weight is 266 g/mol. The Hall–Kier alpha value is -2.84. The molecule has 0 amide bonds. The molecular formula is C10H10N4O5. The van der Waals surface area contributed by atoms with E-state index in [9.17, 15) is 20.2 Å². The number of nitro benzene ring substituents is 2. The molecule has 2 aromatic rings. The molecule has 9 heteroatoms. The summed E-state index contributed by atoms with van der Waals surface area (Å²) in [4.78, 5) is 18.9. The first-order chi connectivity index (χ1) is 9.06. The third-order valence-electron chi connectivity index (χ3n) is 2.04. The van der Waals surface area contributed by atoms with Crippen molar-refractivity contribution in [2.45, 2.75) is 13.3 Å². The van der Waals surface area contributed by atoms with E-state index in [1.165, 1.54) is 12.1 Å². The van der Waals surface area contributed by atoms with Crippen LogP contribution in [0.2, 0.25) is 0 Å². The highest BCUT2D eigenvalue weighted by Gasteiger charge is 2.21. The van der Waals surface area contributed by atoms with E-state index < -0.39 is 21.2 Å². The van der Waals surface area contributed by atoms with E-state index in [1.807, 2.05) is 6.92 Å². The summed E-state index contributed by atoms with van der Waals surface area (Å²) in [5, 5.41) is 27.4. The molecule has 1 aromatic heterocycles. The minimum absolute atomic E-state index is 0.484. The molecule has 2 rings (SSSR count). The third kappa shape index (κ3) is 4.15. The van der Waals surface area contributed by atoms with E-state index in [4.69, 9.17) is 0 Å². The van der Waals surface area contributed by atoms with Crippen LogP contribution in [0.25, 0.3) is 0 Å². The first-order valence-corrected chi connectivity index (χ1v) is 5.20. The van der Waals surface area contributed by atoms with Gasteiger partial charge in [-0.2, -0.15) is 0 Å². The van der Waals surface area contributed by atoms with Gasteiger partial charge in [0.15, 0.2) is 0 Å². The normalized spacial score (nSPS) is 9.32. The summed E-state index contributed by atoms with van der Waals surface area (Å²) in [6.07, 6.45) is 2.50. The number of nitrogens with zero attached hydrogens (tertiary/aromatic N) is 4. The van der Waals surface area contributed by atoms with Crippen molar-refractivity contribution in [1.29, 1.82) is 0 Å². The summed E-state index contributed by atoms with van der Waals surface area (Å²) in [5.74, 6) is 0. The molecule has 100 valence electrons. The van der Waals surface area contributed by atoms with E-state index in [2.05, 4.69) is 14.9 Å². The maximum atomic E-state index is 10.2. The van der Waals surface area contributed by atoms with Crippen molar-refractivity contribution < 1.29 is 14.5 Å². The highest BCUT2D eigenvalue weighted by Crippen LogP contribution is 2.24. The number of hydrogen-bond acceptors (Lipinski definition) is 7. The molecule has 0 fully saturated rings. The predicted octanol–water partition coefficient (Wildman–Crippen LogP) is 2.13. The number of nitro groups is 2. The van der Waals surface area contributed by atoms with Crippen LogP contribution in [0, 0.1) is 20.2 Å². The molecular weight excluding hydrogens is 256 g/mol. The molecule has 0 aliphatic carbocycles. The molecule has 0 saturated carbocycles. The van der Waals surface area contributed by atoms with E-state index in [0.717, 1.165) is 24.2 Å². The van der Waals surface area contributed by atoms with Gasteiger partial charge in [0, 0.05) is 12.1 Å². The Morgan fingerprint density at radius 2 is 1.68 bits per heavy atom. The monoisotopic (exact) mass is 266 g/mol. The molecule has 19 heavy (non-hydrogen) atoms. The van der Waals surface area contributed by atoms with Crippen molar-refractivity contribution in [1.82, 2.24) is 10.3 Å². The Morgan fingerprint density at radius 1 is 1.16 bits per heavy atom. The van der Waals surface area contributed by atoms with Crippen LogP contribution in [-0.4, -0.2) is 20.2 Å². The van der Waals surface area contributed by atoms with E-state index >= 15 is 0 Å².